The molecule has 1 saturated carbocycles. The number of hydrogen-bond acceptors (Lipinski definition) is 4. The molecule has 0 heterocycles. The van der Waals surface area contributed by atoms with Gasteiger partial charge in [0.2, 0.25) is 0 Å². The van der Waals surface area contributed by atoms with Crippen molar-refractivity contribution in [1.29, 1.82) is 5.26 Å². The first-order chi connectivity index (χ1) is 12.1. The molecular weight excluding hydrogens is 314 g/mol. The van der Waals surface area contributed by atoms with Crippen molar-refractivity contribution in [3.8, 4) is 11.8 Å². The van der Waals surface area contributed by atoms with Crippen LogP contribution in [-0.2, 0) is 4.74 Å². The number of hydrogen-bond donors (Lipinski definition) is 0. The third kappa shape index (κ3) is 4.00. The van der Waals surface area contributed by atoms with E-state index in [0.29, 0.717) is 24.0 Å². The Morgan fingerprint density at radius 2 is 1.84 bits per heavy atom. The molecule has 4 heteroatoms. The Kier molecular flexibility index (Phi) is 5.04. The predicted octanol–water partition coefficient (Wildman–Crippen LogP) is 4.45. The van der Waals surface area contributed by atoms with Gasteiger partial charge in [-0.05, 0) is 41.8 Å². The number of carbonyl (C=O) groups excluding carboxylic acids is 1. The molecule has 3 rings (SSSR count). The van der Waals surface area contributed by atoms with Crippen molar-refractivity contribution in [2.45, 2.75) is 44.8 Å². The summed E-state index contributed by atoms with van der Waals surface area (Å²) in [6.07, 6.45) is 1.33. The van der Waals surface area contributed by atoms with Gasteiger partial charge in [0.25, 0.3) is 0 Å². The van der Waals surface area contributed by atoms with Gasteiger partial charge >= 0.3 is 5.97 Å². The summed E-state index contributed by atoms with van der Waals surface area (Å²) in [5.74, 6) is 0.740. The summed E-state index contributed by atoms with van der Waals surface area (Å²) in [6, 6.07) is 16.8. The van der Waals surface area contributed by atoms with Crippen molar-refractivity contribution in [2.75, 3.05) is 0 Å². The highest BCUT2D eigenvalue weighted by Gasteiger charge is 2.34. The molecule has 0 unspecified atom stereocenters. The second-order valence-corrected chi connectivity index (χ2v) is 6.62. The van der Waals surface area contributed by atoms with Gasteiger partial charge in [0.05, 0.1) is 17.2 Å². The molecule has 0 saturated heterocycles. The molecule has 2 aromatic carbocycles. The topological polar surface area (TPSA) is 59.3 Å². The van der Waals surface area contributed by atoms with Crippen molar-refractivity contribution >= 4 is 5.97 Å². The van der Waals surface area contributed by atoms with Crippen molar-refractivity contribution < 1.29 is 14.3 Å². The second-order valence-electron chi connectivity index (χ2n) is 6.62. The molecule has 0 bridgehead atoms. The van der Waals surface area contributed by atoms with Crippen LogP contribution in [0.15, 0.2) is 48.5 Å². The maximum absolute atomic E-state index is 12.0. The van der Waals surface area contributed by atoms with Crippen LogP contribution < -0.4 is 4.74 Å². The van der Waals surface area contributed by atoms with E-state index in [-0.39, 0.29) is 24.1 Å². The first-order valence-electron chi connectivity index (χ1n) is 8.53. The highest BCUT2D eigenvalue weighted by Crippen LogP contribution is 2.31. The lowest BCUT2D eigenvalue weighted by molar-refractivity contribution is -0.0372. The molecule has 0 aromatic heterocycles. The zero-order valence-corrected chi connectivity index (χ0v) is 14.4. The molecule has 0 N–H and O–H groups in total. The van der Waals surface area contributed by atoms with Gasteiger partial charge in [0.15, 0.2) is 0 Å². The fourth-order valence-electron chi connectivity index (χ4n) is 2.89. The number of ether oxygens (including phenoxy) is 2. The molecule has 2 aromatic rings. The summed E-state index contributed by atoms with van der Waals surface area (Å²) in [5, 5.41) is 9.17. The Labute approximate surface area is 148 Å². The van der Waals surface area contributed by atoms with E-state index >= 15 is 0 Å². The predicted molar refractivity (Wildman–Crippen MR) is 94.5 cm³/mol. The third-order valence-corrected chi connectivity index (χ3v) is 4.40. The number of esters is 1. The van der Waals surface area contributed by atoms with E-state index in [2.05, 4.69) is 19.9 Å². The summed E-state index contributed by atoms with van der Waals surface area (Å²) >= 11 is 0. The fraction of sp³-hybridized carbons (Fsp3) is 0.333. The van der Waals surface area contributed by atoms with E-state index in [1.807, 2.05) is 30.3 Å². The van der Waals surface area contributed by atoms with Gasteiger partial charge < -0.3 is 9.47 Å². The minimum absolute atomic E-state index is 0.0431. The summed E-state index contributed by atoms with van der Waals surface area (Å²) in [6.45, 7) is 4.12. The molecule has 128 valence electrons. The number of nitriles is 1. The van der Waals surface area contributed by atoms with Crippen LogP contribution in [0.2, 0.25) is 0 Å². The lowest BCUT2D eigenvalue weighted by Crippen LogP contribution is -2.40. The monoisotopic (exact) mass is 335 g/mol. The average molecular weight is 335 g/mol. The highest BCUT2D eigenvalue weighted by molar-refractivity contribution is 5.89. The second kappa shape index (κ2) is 7.40. The van der Waals surface area contributed by atoms with Gasteiger partial charge in [0.1, 0.15) is 18.0 Å². The van der Waals surface area contributed by atoms with Crippen LogP contribution in [0.5, 0.6) is 5.75 Å². The Morgan fingerprint density at radius 1 is 1.12 bits per heavy atom. The van der Waals surface area contributed by atoms with E-state index in [1.165, 1.54) is 0 Å². The smallest absolute Gasteiger partial charge is 0.338 e. The number of benzene rings is 2. The van der Waals surface area contributed by atoms with E-state index < -0.39 is 0 Å². The summed E-state index contributed by atoms with van der Waals surface area (Å²) in [5.41, 5.74) is 2.25. The van der Waals surface area contributed by atoms with E-state index in [1.54, 1.807) is 18.2 Å². The summed E-state index contributed by atoms with van der Waals surface area (Å²) in [7, 11) is 0. The highest BCUT2D eigenvalue weighted by atomic mass is 16.6. The minimum Gasteiger partial charge on any atom is -0.490 e. The minimum atomic E-state index is -0.287. The van der Waals surface area contributed by atoms with Crippen molar-refractivity contribution in [2.24, 2.45) is 0 Å². The molecule has 1 aliphatic carbocycles. The van der Waals surface area contributed by atoms with Crippen LogP contribution in [-0.4, -0.2) is 18.2 Å². The van der Waals surface area contributed by atoms with Gasteiger partial charge in [-0.15, -0.1) is 0 Å². The molecule has 1 aliphatic rings. The van der Waals surface area contributed by atoms with Crippen LogP contribution in [0, 0.1) is 11.3 Å². The van der Waals surface area contributed by atoms with E-state index in [9.17, 15) is 10.1 Å². The van der Waals surface area contributed by atoms with Crippen LogP contribution in [0.1, 0.15) is 54.1 Å². The van der Waals surface area contributed by atoms with Gasteiger partial charge in [-0.1, -0.05) is 32.0 Å². The average Bonchev–Trinajstić information content (AvgIpc) is 2.60. The molecule has 0 spiro atoms. The zero-order valence-electron chi connectivity index (χ0n) is 14.4. The largest absolute Gasteiger partial charge is 0.490 e. The Balaban J connectivity index is 1.53. The first kappa shape index (κ1) is 17.0. The van der Waals surface area contributed by atoms with Crippen LogP contribution in [0.25, 0.3) is 0 Å². The number of carbonyl (C=O) groups is 1. The quantitative estimate of drug-likeness (QED) is 0.758. The molecule has 25 heavy (non-hydrogen) atoms. The fourth-order valence-corrected chi connectivity index (χ4v) is 2.89. The van der Waals surface area contributed by atoms with Gasteiger partial charge in [-0.3, -0.25) is 0 Å². The van der Waals surface area contributed by atoms with E-state index in [0.717, 1.165) is 11.3 Å². The van der Waals surface area contributed by atoms with Crippen molar-refractivity contribution in [1.82, 2.24) is 0 Å². The molecule has 4 nitrogen and oxygen atoms in total. The van der Waals surface area contributed by atoms with Crippen LogP contribution >= 0.6 is 0 Å². The van der Waals surface area contributed by atoms with Gasteiger partial charge in [0, 0.05) is 12.8 Å². The van der Waals surface area contributed by atoms with Crippen LogP contribution in [0.4, 0.5) is 0 Å². The molecule has 0 atom stereocenters. The normalized spacial score (nSPS) is 19.0. The molecule has 0 amide bonds. The standard InChI is InChI=1S/C21H21NO3/c1-14(2)20-12-17(9-8-16(20)13-22)24-18-10-19(11-18)25-21(23)15-6-4-3-5-7-15/h3-9,12,14,18-19H,10-11H2,1-2H3. The third-order valence-electron chi connectivity index (χ3n) is 4.40. The Morgan fingerprint density at radius 3 is 2.48 bits per heavy atom. The number of rotatable bonds is 5. The van der Waals surface area contributed by atoms with Crippen molar-refractivity contribution in [3.05, 3.63) is 65.2 Å². The van der Waals surface area contributed by atoms with Gasteiger partial charge in [-0.25, -0.2) is 4.79 Å². The summed E-state index contributed by atoms with van der Waals surface area (Å²) in [4.78, 5) is 12.0. The van der Waals surface area contributed by atoms with Crippen molar-refractivity contribution in [3.63, 3.8) is 0 Å². The van der Waals surface area contributed by atoms with E-state index in [4.69, 9.17) is 9.47 Å². The van der Waals surface area contributed by atoms with Crippen LogP contribution in [0.3, 0.4) is 0 Å². The molecule has 0 radical (unpaired) electrons. The van der Waals surface area contributed by atoms with Gasteiger partial charge in [-0.2, -0.15) is 5.26 Å². The maximum atomic E-state index is 12.0. The molecular formula is C21H21NO3. The lowest BCUT2D eigenvalue weighted by atomic mass is 9.91. The Bertz CT molecular complexity index is 787. The Hall–Kier alpha value is -2.80. The molecule has 1 fully saturated rings. The zero-order chi connectivity index (χ0) is 17.8. The number of nitrogens with zero attached hydrogens (tertiary/aromatic N) is 1. The molecule has 0 aliphatic heterocycles. The first-order valence-corrected chi connectivity index (χ1v) is 8.53. The maximum Gasteiger partial charge on any atom is 0.338 e. The lowest BCUT2D eigenvalue weighted by Gasteiger charge is -2.34. The SMILES string of the molecule is CC(C)c1cc(OC2CC(OC(=O)c3ccccc3)C2)ccc1C#N. The summed E-state index contributed by atoms with van der Waals surface area (Å²) < 4.78 is 11.4.